The van der Waals surface area contributed by atoms with Gasteiger partial charge in [0.15, 0.2) is 0 Å². The van der Waals surface area contributed by atoms with Crippen molar-refractivity contribution in [1.82, 2.24) is 0 Å². The smallest absolute Gasteiger partial charge is 0.0701 e. The SMILES string of the molecule is C[C@@H]1C[C@@H]2C(O)C2[C@@]1(C)O. The van der Waals surface area contributed by atoms with Crippen LogP contribution >= 0.6 is 0 Å². The Morgan fingerprint density at radius 3 is 2.40 bits per heavy atom. The molecular formula is C8H14O2. The molecule has 2 unspecified atom stereocenters. The van der Waals surface area contributed by atoms with E-state index in [4.69, 9.17) is 0 Å². The number of hydrogen-bond donors (Lipinski definition) is 2. The summed E-state index contributed by atoms with van der Waals surface area (Å²) in [6.07, 6.45) is 0.796. The van der Waals surface area contributed by atoms with E-state index >= 15 is 0 Å². The van der Waals surface area contributed by atoms with Crippen LogP contribution in [-0.2, 0) is 0 Å². The fourth-order valence-corrected chi connectivity index (χ4v) is 2.40. The van der Waals surface area contributed by atoms with Crippen molar-refractivity contribution in [3.05, 3.63) is 0 Å². The summed E-state index contributed by atoms with van der Waals surface area (Å²) in [5, 5.41) is 19.0. The zero-order valence-electron chi connectivity index (χ0n) is 6.41. The van der Waals surface area contributed by atoms with Gasteiger partial charge in [-0.3, -0.25) is 0 Å². The third-order valence-corrected chi connectivity index (χ3v) is 3.43. The van der Waals surface area contributed by atoms with Gasteiger partial charge in [0.05, 0.1) is 11.7 Å². The Kier molecular flexibility index (Phi) is 1.03. The summed E-state index contributed by atoms with van der Waals surface area (Å²) in [6.45, 7) is 3.90. The molecule has 2 fully saturated rings. The normalized spacial score (nSPS) is 66.0. The van der Waals surface area contributed by atoms with Gasteiger partial charge in [-0.1, -0.05) is 6.92 Å². The first kappa shape index (κ1) is 6.62. The summed E-state index contributed by atoms with van der Waals surface area (Å²) in [5.74, 6) is 0.957. The monoisotopic (exact) mass is 142 g/mol. The second-order valence-corrected chi connectivity index (χ2v) is 4.04. The minimum atomic E-state index is -0.593. The molecule has 2 rings (SSSR count). The van der Waals surface area contributed by atoms with Gasteiger partial charge in [0.1, 0.15) is 0 Å². The Labute approximate surface area is 60.9 Å². The molecule has 2 aliphatic carbocycles. The van der Waals surface area contributed by atoms with E-state index in [9.17, 15) is 10.2 Å². The van der Waals surface area contributed by atoms with E-state index in [2.05, 4.69) is 6.92 Å². The van der Waals surface area contributed by atoms with Gasteiger partial charge in [0.2, 0.25) is 0 Å². The predicted molar refractivity (Wildman–Crippen MR) is 37.4 cm³/mol. The molecule has 10 heavy (non-hydrogen) atoms. The summed E-state index contributed by atoms with van der Waals surface area (Å²) in [7, 11) is 0. The summed E-state index contributed by atoms with van der Waals surface area (Å²) >= 11 is 0. The first-order valence-electron chi connectivity index (χ1n) is 3.95. The Morgan fingerprint density at radius 2 is 2.10 bits per heavy atom. The molecule has 0 radical (unpaired) electrons. The maximum absolute atomic E-state index is 9.78. The maximum atomic E-state index is 9.78. The second kappa shape index (κ2) is 1.56. The lowest BCUT2D eigenvalue weighted by Gasteiger charge is -2.25. The molecule has 0 aliphatic heterocycles. The van der Waals surface area contributed by atoms with Crippen LogP contribution < -0.4 is 0 Å². The highest BCUT2D eigenvalue weighted by molar-refractivity contribution is 5.14. The molecule has 2 nitrogen and oxygen atoms in total. The van der Waals surface area contributed by atoms with Crippen LogP contribution in [-0.4, -0.2) is 21.9 Å². The highest BCUT2D eigenvalue weighted by Gasteiger charge is 2.65. The summed E-state index contributed by atoms with van der Waals surface area (Å²) < 4.78 is 0. The first-order chi connectivity index (χ1) is 4.55. The molecule has 5 atom stereocenters. The van der Waals surface area contributed by atoms with Gasteiger partial charge < -0.3 is 10.2 Å². The van der Waals surface area contributed by atoms with Crippen LogP contribution in [0.3, 0.4) is 0 Å². The highest BCUT2D eigenvalue weighted by Crippen LogP contribution is 2.59. The molecule has 0 saturated heterocycles. The Balaban J connectivity index is 2.19. The van der Waals surface area contributed by atoms with Crippen LogP contribution in [0.5, 0.6) is 0 Å². The molecule has 2 N–H and O–H groups in total. The standard InChI is InChI=1S/C8H14O2/c1-4-3-5-6(7(5)9)8(4,2)10/h4-7,9-10H,3H2,1-2H3/t4-,5+,6?,7?,8+/m1/s1. The Bertz CT molecular complexity index is 165. The van der Waals surface area contributed by atoms with Crippen molar-refractivity contribution in [2.75, 3.05) is 0 Å². The molecule has 0 spiro atoms. The summed E-state index contributed by atoms with van der Waals surface area (Å²) in [5.41, 5.74) is -0.593. The fourth-order valence-electron chi connectivity index (χ4n) is 2.40. The molecule has 0 bridgehead atoms. The van der Waals surface area contributed by atoms with Gasteiger partial charge in [-0.05, 0) is 25.2 Å². The Hall–Kier alpha value is -0.0800. The largest absolute Gasteiger partial charge is 0.392 e. The molecule has 0 heterocycles. The average molecular weight is 142 g/mol. The molecule has 0 aromatic heterocycles. The van der Waals surface area contributed by atoms with Gasteiger partial charge in [0.25, 0.3) is 0 Å². The molecule has 2 heteroatoms. The second-order valence-electron chi connectivity index (χ2n) is 4.04. The van der Waals surface area contributed by atoms with Crippen molar-refractivity contribution in [2.24, 2.45) is 17.8 Å². The van der Waals surface area contributed by atoms with Crippen molar-refractivity contribution < 1.29 is 10.2 Å². The predicted octanol–water partition coefficient (Wildman–Crippen LogP) is 0.384. The third kappa shape index (κ3) is 0.565. The van der Waals surface area contributed by atoms with Crippen LogP contribution in [0.15, 0.2) is 0 Å². The van der Waals surface area contributed by atoms with Crippen molar-refractivity contribution in [3.8, 4) is 0 Å². The molecule has 2 aliphatic rings. The van der Waals surface area contributed by atoms with E-state index in [0.717, 1.165) is 6.42 Å². The van der Waals surface area contributed by atoms with Crippen molar-refractivity contribution in [2.45, 2.75) is 32.0 Å². The van der Waals surface area contributed by atoms with Crippen molar-refractivity contribution >= 4 is 0 Å². The van der Waals surface area contributed by atoms with E-state index < -0.39 is 5.60 Å². The minimum absolute atomic E-state index is 0.183. The summed E-state index contributed by atoms with van der Waals surface area (Å²) in [4.78, 5) is 0. The molecule has 0 aromatic carbocycles. The van der Waals surface area contributed by atoms with Crippen LogP contribution in [0.4, 0.5) is 0 Å². The lowest BCUT2D eigenvalue weighted by Crippen LogP contribution is -2.33. The number of fused-ring (bicyclic) bond motifs is 1. The van der Waals surface area contributed by atoms with Crippen LogP contribution in [0.25, 0.3) is 0 Å². The van der Waals surface area contributed by atoms with E-state index in [-0.39, 0.29) is 12.0 Å². The van der Waals surface area contributed by atoms with E-state index in [1.165, 1.54) is 0 Å². The zero-order chi connectivity index (χ0) is 7.52. The summed E-state index contributed by atoms with van der Waals surface area (Å²) in [6, 6.07) is 0. The van der Waals surface area contributed by atoms with Gasteiger partial charge >= 0.3 is 0 Å². The molecule has 0 aromatic rings. The van der Waals surface area contributed by atoms with E-state index in [1.807, 2.05) is 6.92 Å². The van der Waals surface area contributed by atoms with Crippen LogP contribution in [0, 0.1) is 17.8 Å². The average Bonchev–Trinajstić information content (AvgIpc) is 2.34. The van der Waals surface area contributed by atoms with Crippen LogP contribution in [0.1, 0.15) is 20.3 Å². The van der Waals surface area contributed by atoms with E-state index in [1.54, 1.807) is 0 Å². The molecule has 2 saturated carbocycles. The van der Waals surface area contributed by atoms with Crippen molar-refractivity contribution in [3.63, 3.8) is 0 Å². The Morgan fingerprint density at radius 1 is 1.50 bits per heavy atom. The van der Waals surface area contributed by atoms with Crippen molar-refractivity contribution in [1.29, 1.82) is 0 Å². The quantitative estimate of drug-likeness (QED) is 0.513. The first-order valence-corrected chi connectivity index (χ1v) is 3.95. The molecule has 0 amide bonds. The fraction of sp³-hybridized carbons (Fsp3) is 1.00. The lowest BCUT2D eigenvalue weighted by atomic mass is 9.89. The highest BCUT2D eigenvalue weighted by atomic mass is 16.3. The van der Waals surface area contributed by atoms with Gasteiger partial charge in [-0.15, -0.1) is 0 Å². The zero-order valence-corrected chi connectivity index (χ0v) is 6.41. The van der Waals surface area contributed by atoms with Gasteiger partial charge in [-0.2, -0.15) is 0 Å². The van der Waals surface area contributed by atoms with Crippen LogP contribution in [0.2, 0.25) is 0 Å². The maximum Gasteiger partial charge on any atom is 0.0701 e. The van der Waals surface area contributed by atoms with Gasteiger partial charge in [-0.25, -0.2) is 0 Å². The number of rotatable bonds is 0. The number of aliphatic hydroxyl groups is 2. The minimum Gasteiger partial charge on any atom is -0.392 e. The molecule has 58 valence electrons. The number of hydrogen-bond acceptors (Lipinski definition) is 2. The topological polar surface area (TPSA) is 40.5 Å². The van der Waals surface area contributed by atoms with Gasteiger partial charge in [0, 0.05) is 5.92 Å². The lowest BCUT2D eigenvalue weighted by molar-refractivity contribution is -0.0147. The third-order valence-electron chi connectivity index (χ3n) is 3.43. The van der Waals surface area contributed by atoms with E-state index in [0.29, 0.717) is 11.8 Å². The number of aliphatic hydroxyl groups excluding tert-OH is 1. The molecular weight excluding hydrogens is 128 g/mol.